The van der Waals surface area contributed by atoms with Crippen LogP contribution in [0, 0.1) is 0 Å². The zero-order chi connectivity index (χ0) is 18.5. The van der Waals surface area contributed by atoms with E-state index in [9.17, 15) is 0 Å². The van der Waals surface area contributed by atoms with Crippen molar-refractivity contribution >= 4 is 12.6 Å². The van der Waals surface area contributed by atoms with Gasteiger partial charge in [0.15, 0.2) is 0 Å². The fraction of sp³-hybridized carbons (Fsp3) is 0.636. The molecular formula is C22H32BNO2. The van der Waals surface area contributed by atoms with Crippen LogP contribution in [0.15, 0.2) is 35.9 Å². The molecule has 1 aromatic rings. The van der Waals surface area contributed by atoms with Crippen LogP contribution in [-0.2, 0) is 15.7 Å². The van der Waals surface area contributed by atoms with Gasteiger partial charge in [0.1, 0.15) is 0 Å². The molecule has 2 saturated heterocycles. The molecule has 0 radical (unpaired) electrons. The Morgan fingerprint density at radius 3 is 2.54 bits per heavy atom. The first kappa shape index (κ1) is 18.3. The van der Waals surface area contributed by atoms with Gasteiger partial charge in [-0.3, -0.25) is 4.90 Å². The van der Waals surface area contributed by atoms with E-state index in [0.717, 1.165) is 17.9 Å². The molecule has 3 aliphatic heterocycles. The smallest absolute Gasteiger partial charge is 0.399 e. The maximum atomic E-state index is 6.23. The fourth-order valence-electron chi connectivity index (χ4n) is 4.55. The van der Waals surface area contributed by atoms with Gasteiger partial charge in [-0.05, 0) is 71.5 Å². The van der Waals surface area contributed by atoms with Crippen molar-refractivity contribution in [1.29, 1.82) is 0 Å². The monoisotopic (exact) mass is 353 g/mol. The second-order valence-electron chi connectivity index (χ2n) is 9.36. The molecule has 4 rings (SSSR count). The largest absolute Gasteiger partial charge is 0.494 e. The van der Waals surface area contributed by atoms with Crippen molar-refractivity contribution in [2.24, 2.45) is 0 Å². The molecule has 2 atom stereocenters. The third-order valence-corrected chi connectivity index (χ3v) is 6.97. The van der Waals surface area contributed by atoms with Crippen LogP contribution in [-0.4, -0.2) is 42.4 Å². The lowest BCUT2D eigenvalue weighted by atomic mass is 9.77. The van der Waals surface area contributed by atoms with E-state index in [0.29, 0.717) is 6.04 Å². The summed E-state index contributed by atoms with van der Waals surface area (Å²) >= 11 is 0. The molecule has 0 aromatic heterocycles. The molecule has 3 nitrogen and oxygen atoms in total. The standard InChI is InChI=1S/C22H32BNO2/c1-21(2)22(3,4)26-23(25-21)18-9-6-8-16(13-18)12-17-14-19-10-7-11-20(15-17)24(19)5/h6,8-9,13-14,19-20H,7,10-12,15H2,1-5H3. The van der Waals surface area contributed by atoms with Crippen LogP contribution in [0.2, 0.25) is 0 Å². The molecule has 3 aliphatic rings. The molecule has 140 valence electrons. The number of piperidine rings is 1. The maximum absolute atomic E-state index is 6.23. The summed E-state index contributed by atoms with van der Waals surface area (Å²) in [6.07, 6.45) is 8.82. The zero-order valence-corrected chi connectivity index (χ0v) is 16.9. The van der Waals surface area contributed by atoms with Gasteiger partial charge in [-0.15, -0.1) is 0 Å². The number of nitrogens with zero attached hydrogens (tertiary/aromatic N) is 1. The molecule has 3 heterocycles. The predicted octanol–water partition coefficient (Wildman–Crippen LogP) is 3.71. The third-order valence-electron chi connectivity index (χ3n) is 6.97. The van der Waals surface area contributed by atoms with Gasteiger partial charge in [-0.1, -0.05) is 42.3 Å². The Morgan fingerprint density at radius 1 is 1.12 bits per heavy atom. The van der Waals surface area contributed by atoms with E-state index in [-0.39, 0.29) is 18.3 Å². The average molecular weight is 353 g/mol. The highest BCUT2D eigenvalue weighted by atomic mass is 16.7. The minimum Gasteiger partial charge on any atom is -0.399 e. The summed E-state index contributed by atoms with van der Waals surface area (Å²) in [5.74, 6) is 0. The van der Waals surface area contributed by atoms with E-state index in [1.165, 1.54) is 31.2 Å². The van der Waals surface area contributed by atoms with Crippen molar-refractivity contribution in [3.8, 4) is 0 Å². The van der Waals surface area contributed by atoms with E-state index in [2.05, 4.69) is 70.0 Å². The highest BCUT2D eigenvalue weighted by Crippen LogP contribution is 2.37. The van der Waals surface area contributed by atoms with Crippen molar-refractivity contribution in [3.63, 3.8) is 0 Å². The molecule has 0 saturated carbocycles. The van der Waals surface area contributed by atoms with Gasteiger partial charge in [0.25, 0.3) is 0 Å². The van der Waals surface area contributed by atoms with Crippen LogP contribution in [0.4, 0.5) is 0 Å². The van der Waals surface area contributed by atoms with Crippen LogP contribution < -0.4 is 5.46 Å². The summed E-state index contributed by atoms with van der Waals surface area (Å²) < 4.78 is 12.5. The molecular weight excluding hydrogens is 321 g/mol. The van der Waals surface area contributed by atoms with E-state index in [1.54, 1.807) is 5.57 Å². The Morgan fingerprint density at radius 2 is 1.85 bits per heavy atom. The summed E-state index contributed by atoms with van der Waals surface area (Å²) in [5.41, 5.74) is 3.52. The van der Waals surface area contributed by atoms with Gasteiger partial charge in [0.05, 0.1) is 11.2 Å². The second-order valence-corrected chi connectivity index (χ2v) is 9.36. The molecule has 0 N–H and O–H groups in total. The Kier molecular flexibility index (Phi) is 4.57. The van der Waals surface area contributed by atoms with Crippen LogP contribution in [0.25, 0.3) is 0 Å². The van der Waals surface area contributed by atoms with E-state index >= 15 is 0 Å². The second kappa shape index (κ2) is 6.51. The van der Waals surface area contributed by atoms with E-state index in [1.807, 2.05) is 0 Å². The number of rotatable bonds is 3. The predicted molar refractivity (Wildman–Crippen MR) is 108 cm³/mol. The van der Waals surface area contributed by atoms with Crippen molar-refractivity contribution < 1.29 is 9.31 Å². The zero-order valence-electron chi connectivity index (χ0n) is 16.9. The molecule has 2 bridgehead atoms. The van der Waals surface area contributed by atoms with Crippen LogP contribution in [0.3, 0.4) is 0 Å². The van der Waals surface area contributed by atoms with Gasteiger partial charge < -0.3 is 9.31 Å². The fourth-order valence-corrected chi connectivity index (χ4v) is 4.55. The molecule has 0 spiro atoms. The Hall–Kier alpha value is -1.10. The average Bonchev–Trinajstić information content (AvgIpc) is 2.77. The summed E-state index contributed by atoms with van der Waals surface area (Å²) in [6, 6.07) is 10.2. The number of likely N-dealkylation sites (N-methyl/N-ethyl adjacent to an activating group) is 1. The Balaban J connectivity index is 1.51. The number of hydrogen-bond acceptors (Lipinski definition) is 3. The maximum Gasteiger partial charge on any atom is 0.494 e. The van der Waals surface area contributed by atoms with Crippen LogP contribution in [0.1, 0.15) is 58.9 Å². The summed E-state index contributed by atoms with van der Waals surface area (Å²) in [5, 5.41) is 0. The number of hydrogen-bond donors (Lipinski definition) is 0. The minimum absolute atomic E-state index is 0.272. The first-order chi connectivity index (χ1) is 12.2. The summed E-state index contributed by atoms with van der Waals surface area (Å²) in [4.78, 5) is 2.58. The molecule has 2 fully saturated rings. The molecule has 4 heteroatoms. The Labute approximate surface area is 158 Å². The SMILES string of the molecule is CN1C2C=C(Cc3cccc(B4OC(C)(C)C(C)(C)O4)c3)CC1CCC2. The van der Waals surface area contributed by atoms with Gasteiger partial charge >= 0.3 is 7.12 Å². The summed E-state index contributed by atoms with van der Waals surface area (Å²) in [6.45, 7) is 8.44. The van der Waals surface area contributed by atoms with Crippen LogP contribution >= 0.6 is 0 Å². The number of benzene rings is 1. The molecule has 0 amide bonds. The van der Waals surface area contributed by atoms with Gasteiger partial charge in [0.2, 0.25) is 0 Å². The van der Waals surface area contributed by atoms with Crippen molar-refractivity contribution in [2.75, 3.05) is 7.05 Å². The molecule has 26 heavy (non-hydrogen) atoms. The highest BCUT2D eigenvalue weighted by Gasteiger charge is 2.51. The topological polar surface area (TPSA) is 21.7 Å². The lowest BCUT2D eigenvalue weighted by molar-refractivity contribution is 0.00578. The van der Waals surface area contributed by atoms with Crippen molar-refractivity contribution in [3.05, 3.63) is 41.5 Å². The van der Waals surface area contributed by atoms with E-state index < -0.39 is 0 Å². The highest BCUT2D eigenvalue weighted by molar-refractivity contribution is 6.62. The third kappa shape index (κ3) is 3.28. The first-order valence-corrected chi connectivity index (χ1v) is 10.1. The van der Waals surface area contributed by atoms with Crippen molar-refractivity contribution in [1.82, 2.24) is 4.90 Å². The lowest BCUT2D eigenvalue weighted by Crippen LogP contribution is -2.46. The molecule has 2 unspecified atom stereocenters. The Bertz CT molecular complexity index is 696. The van der Waals surface area contributed by atoms with Gasteiger partial charge in [0, 0.05) is 12.1 Å². The van der Waals surface area contributed by atoms with Crippen LogP contribution in [0.5, 0.6) is 0 Å². The number of fused-ring (bicyclic) bond motifs is 2. The molecule has 1 aromatic carbocycles. The normalized spacial score (nSPS) is 30.3. The van der Waals surface area contributed by atoms with Gasteiger partial charge in [-0.2, -0.15) is 0 Å². The van der Waals surface area contributed by atoms with Gasteiger partial charge in [-0.25, -0.2) is 0 Å². The lowest BCUT2D eigenvalue weighted by Gasteiger charge is -2.42. The quantitative estimate of drug-likeness (QED) is 0.611. The summed E-state index contributed by atoms with van der Waals surface area (Å²) in [7, 11) is 2.02. The minimum atomic E-state index is -0.290. The molecule has 0 aliphatic carbocycles. The van der Waals surface area contributed by atoms with Crippen molar-refractivity contribution in [2.45, 2.75) is 83.1 Å². The first-order valence-electron chi connectivity index (χ1n) is 10.1. The van der Waals surface area contributed by atoms with E-state index in [4.69, 9.17) is 9.31 Å².